The second-order valence-corrected chi connectivity index (χ2v) is 6.10. The van der Waals surface area contributed by atoms with Gasteiger partial charge in [0.2, 0.25) is 0 Å². The molecule has 0 aliphatic carbocycles. The Hall–Kier alpha value is -3.13. The summed E-state index contributed by atoms with van der Waals surface area (Å²) < 4.78 is 21.5. The van der Waals surface area contributed by atoms with Gasteiger partial charge in [0.05, 0.1) is 18.7 Å². The number of ether oxygens (including phenoxy) is 4. The molecule has 2 N–H and O–H groups in total. The summed E-state index contributed by atoms with van der Waals surface area (Å²) >= 11 is 6.13. The third-order valence-electron chi connectivity index (χ3n) is 3.87. The molecule has 0 aromatic heterocycles. The molecular formula is C19H19ClN2O6. The average molecular weight is 407 g/mol. The zero-order chi connectivity index (χ0) is 20.1. The fraction of sp³-hybridized carbons (Fsp3) is 0.263. The van der Waals surface area contributed by atoms with E-state index in [0.717, 1.165) is 0 Å². The van der Waals surface area contributed by atoms with E-state index in [9.17, 15) is 9.59 Å². The number of benzene rings is 2. The molecule has 0 radical (unpaired) electrons. The van der Waals surface area contributed by atoms with Crippen LogP contribution >= 0.6 is 11.6 Å². The highest BCUT2D eigenvalue weighted by Gasteiger charge is 2.20. The number of fused-ring (bicyclic) bond motifs is 1. The smallest absolute Gasteiger partial charge is 0.269 e. The molecule has 148 valence electrons. The molecule has 0 bridgehead atoms. The molecule has 1 heterocycles. The Kier molecular flexibility index (Phi) is 6.10. The molecule has 0 spiro atoms. The van der Waals surface area contributed by atoms with Gasteiger partial charge in [0, 0.05) is 11.1 Å². The number of methoxy groups -OCH3 is 1. The molecule has 0 saturated heterocycles. The van der Waals surface area contributed by atoms with Gasteiger partial charge in [-0.05, 0) is 37.3 Å². The normalized spacial score (nSPS) is 12.1. The van der Waals surface area contributed by atoms with Gasteiger partial charge in [-0.1, -0.05) is 11.6 Å². The summed E-state index contributed by atoms with van der Waals surface area (Å²) in [6, 6.07) is 7.65. The predicted octanol–water partition coefficient (Wildman–Crippen LogP) is 2.59. The highest BCUT2D eigenvalue weighted by atomic mass is 35.5. The van der Waals surface area contributed by atoms with Crippen molar-refractivity contribution in [3.05, 3.63) is 46.5 Å². The number of hydrogen-bond acceptors (Lipinski definition) is 6. The summed E-state index contributed by atoms with van der Waals surface area (Å²) in [6.45, 7) is 3.07. The van der Waals surface area contributed by atoms with Gasteiger partial charge in [0.25, 0.3) is 11.8 Å². The second-order valence-electron chi connectivity index (χ2n) is 5.69. The maximum absolute atomic E-state index is 12.4. The predicted molar refractivity (Wildman–Crippen MR) is 102 cm³/mol. The van der Waals surface area contributed by atoms with Crippen LogP contribution in [0, 0.1) is 0 Å². The fourth-order valence-electron chi connectivity index (χ4n) is 2.58. The molecule has 2 aromatic carbocycles. The lowest BCUT2D eigenvalue weighted by Gasteiger charge is -2.20. The molecule has 0 saturated carbocycles. The number of hydrazine groups is 1. The molecule has 28 heavy (non-hydrogen) atoms. The molecule has 2 amide bonds. The van der Waals surface area contributed by atoms with Crippen molar-refractivity contribution in [3.63, 3.8) is 0 Å². The fourth-order valence-corrected chi connectivity index (χ4v) is 2.85. The minimum Gasteiger partial charge on any atom is -0.493 e. The summed E-state index contributed by atoms with van der Waals surface area (Å²) in [4.78, 5) is 24.7. The van der Waals surface area contributed by atoms with Crippen molar-refractivity contribution in [2.45, 2.75) is 6.92 Å². The zero-order valence-corrected chi connectivity index (χ0v) is 16.1. The Bertz CT molecular complexity index is 902. The van der Waals surface area contributed by atoms with Crippen LogP contribution in [-0.2, 0) is 0 Å². The van der Waals surface area contributed by atoms with E-state index in [0.29, 0.717) is 48.4 Å². The maximum Gasteiger partial charge on any atom is 0.269 e. The second kappa shape index (κ2) is 8.71. The SMILES string of the molecule is CCOc1ccc(C(=O)NNC(=O)c2cc(Cl)c3c(c2)OCCO3)cc1OC. The average Bonchev–Trinajstić information content (AvgIpc) is 2.72. The molecule has 1 aliphatic heterocycles. The summed E-state index contributed by atoms with van der Waals surface area (Å²) in [7, 11) is 1.48. The molecule has 0 atom stereocenters. The Labute approximate surface area is 166 Å². The third-order valence-corrected chi connectivity index (χ3v) is 4.15. The van der Waals surface area contributed by atoms with Gasteiger partial charge < -0.3 is 18.9 Å². The van der Waals surface area contributed by atoms with Crippen LogP contribution in [-0.4, -0.2) is 38.7 Å². The van der Waals surface area contributed by atoms with Crippen LogP contribution in [0.3, 0.4) is 0 Å². The van der Waals surface area contributed by atoms with Crippen molar-refractivity contribution >= 4 is 23.4 Å². The highest BCUT2D eigenvalue weighted by molar-refractivity contribution is 6.32. The number of amides is 2. The van der Waals surface area contributed by atoms with Crippen molar-refractivity contribution < 1.29 is 28.5 Å². The lowest BCUT2D eigenvalue weighted by Crippen LogP contribution is -2.41. The van der Waals surface area contributed by atoms with Crippen LogP contribution in [0.5, 0.6) is 23.0 Å². The maximum atomic E-state index is 12.4. The first kappa shape index (κ1) is 19.6. The van der Waals surface area contributed by atoms with E-state index in [-0.39, 0.29) is 10.6 Å². The number of halogens is 1. The molecule has 8 nitrogen and oxygen atoms in total. The van der Waals surface area contributed by atoms with Crippen molar-refractivity contribution in [1.29, 1.82) is 0 Å². The van der Waals surface area contributed by atoms with E-state index >= 15 is 0 Å². The third kappa shape index (κ3) is 4.23. The number of carbonyl (C=O) groups excluding carboxylic acids is 2. The molecule has 9 heteroatoms. The molecule has 0 fully saturated rings. The van der Waals surface area contributed by atoms with Gasteiger partial charge in [-0.15, -0.1) is 0 Å². The number of rotatable bonds is 5. The van der Waals surface area contributed by atoms with Crippen LogP contribution in [0.15, 0.2) is 30.3 Å². The van der Waals surface area contributed by atoms with Crippen molar-refractivity contribution in [2.75, 3.05) is 26.9 Å². The van der Waals surface area contributed by atoms with Crippen molar-refractivity contribution in [1.82, 2.24) is 10.9 Å². The van der Waals surface area contributed by atoms with Gasteiger partial charge in [0.15, 0.2) is 23.0 Å². The topological polar surface area (TPSA) is 95.1 Å². The largest absolute Gasteiger partial charge is 0.493 e. The minimum atomic E-state index is -0.551. The summed E-state index contributed by atoms with van der Waals surface area (Å²) in [5, 5.41) is 0.255. The van der Waals surface area contributed by atoms with Gasteiger partial charge in [-0.2, -0.15) is 0 Å². The lowest BCUT2D eigenvalue weighted by molar-refractivity contribution is 0.0846. The van der Waals surface area contributed by atoms with Crippen LogP contribution in [0.4, 0.5) is 0 Å². The zero-order valence-electron chi connectivity index (χ0n) is 15.3. The van der Waals surface area contributed by atoms with Gasteiger partial charge in [-0.25, -0.2) is 0 Å². The summed E-state index contributed by atoms with van der Waals surface area (Å²) in [6.07, 6.45) is 0. The molecular weight excluding hydrogens is 388 g/mol. The quantitative estimate of drug-likeness (QED) is 0.741. The Morgan fingerprint density at radius 2 is 1.75 bits per heavy atom. The molecule has 2 aromatic rings. The summed E-state index contributed by atoms with van der Waals surface area (Å²) in [5.41, 5.74) is 5.21. The molecule has 1 aliphatic rings. The highest BCUT2D eigenvalue weighted by Crippen LogP contribution is 2.38. The van der Waals surface area contributed by atoms with Gasteiger partial charge in [0.1, 0.15) is 13.2 Å². The van der Waals surface area contributed by atoms with Crippen LogP contribution in [0.1, 0.15) is 27.6 Å². The summed E-state index contributed by atoms with van der Waals surface area (Å²) in [5.74, 6) is 0.654. The molecule has 3 rings (SSSR count). The van der Waals surface area contributed by atoms with Crippen LogP contribution in [0.25, 0.3) is 0 Å². The number of nitrogens with one attached hydrogen (secondary N) is 2. The number of carbonyl (C=O) groups is 2. The Morgan fingerprint density at radius 3 is 2.46 bits per heavy atom. The first-order chi connectivity index (χ1) is 13.5. The minimum absolute atomic E-state index is 0.221. The van der Waals surface area contributed by atoms with E-state index in [1.54, 1.807) is 12.1 Å². The lowest BCUT2D eigenvalue weighted by atomic mass is 10.2. The van der Waals surface area contributed by atoms with E-state index in [2.05, 4.69) is 10.9 Å². The van der Waals surface area contributed by atoms with E-state index in [1.807, 2.05) is 6.92 Å². The Balaban J connectivity index is 1.68. The van der Waals surface area contributed by atoms with E-state index in [1.165, 1.54) is 25.3 Å². The van der Waals surface area contributed by atoms with Gasteiger partial charge >= 0.3 is 0 Å². The standard InChI is InChI=1S/C19H19ClN2O6/c1-3-26-14-5-4-11(9-15(14)25-2)18(23)21-22-19(24)12-8-13(20)17-16(10-12)27-6-7-28-17/h4-5,8-10H,3,6-7H2,1-2H3,(H,21,23)(H,22,24). The van der Waals surface area contributed by atoms with E-state index in [4.69, 9.17) is 30.5 Å². The first-order valence-corrected chi connectivity index (χ1v) is 8.92. The van der Waals surface area contributed by atoms with Crippen LogP contribution < -0.4 is 29.8 Å². The van der Waals surface area contributed by atoms with Gasteiger partial charge in [-0.3, -0.25) is 20.4 Å². The van der Waals surface area contributed by atoms with Crippen molar-refractivity contribution in [2.24, 2.45) is 0 Å². The monoisotopic (exact) mass is 406 g/mol. The number of hydrogen-bond donors (Lipinski definition) is 2. The van der Waals surface area contributed by atoms with E-state index < -0.39 is 11.8 Å². The van der Waals surface area contributed by atoms with Crippen molar-refractivity contribution in [3.8, 4) is 23.0 Å². The first-order valence-electron chi connectivity index (χ1n) is 8.54. The molecule has 0 unspecified atom stereocenters. The van der Waals surface area contributed by atoms with Crippen LogP contribution in [0.2, 0.25) is 5.02 Å². The Morgan fingerprint density at radius 1 is 1.04 bits per heavy atom.